The normalized spacial score (nSPS) is 24.2. The number of nitro benzene ring substituents is 1. The van der Waals surface area contributed by atoms with Gasteiger partial charge in [0.2, 0.25) is 5.91 Å². The van der Waals surface area contributed by atoms with Crippen molar-refractivity contribution in [1.82, 2.24) is 10.6 Å². The first-order valence-corrected chi connectivity index (χ1v) is 8.62. The summed E-state index contributed by atoms with van der Waals surface area (Å²) in [7, 11) is 0. The van der Waals surface area contributed by atoms with Crippen LogP contribution in [0.3, 0.4) is 0 Å². The van der Waals surface area contributed by atoms with Gasteiger partial charge in [-0.25, -0.2) is 0 Å². The number of amides is 1. The van der Waals surface area contributed by atoms with Crippen molar-refractivity contribution < 1.29 is 9.72 Å². The van der Waals surface area contributed by atoms with E-state index in [1.807, 2.05) is 0 Å². The molecule has 2 atom stereocenters. The fourth-order valence-corrected chi connectivity index (χ4v) is 3.86. The molecule has 1 aromatic rings. The Bertz CT molecular complexity index is 601. The summed E-state index contributed by atoms with van der Waals surface area (Å²) in [6.45, 7) is 0.927. The lowest BCUT2D eigenvalue weighted by Crippen LogP contribution is -2.40. The average molecular weight is 369 g/mol. The van der Waals surface area contributed by atoms with E-state index in [4.69, 9.17) is 0 Å². The first-order chi connectivity index (χ1) is 11.6. The Morgan fingerprint density at radius 2 is 1.88 bits per heavy atom. The molecule has 2 aliphatic heterocycles. The molecule has 0 aromatic heterocycles. The standard InChI is InChI=1S/C17H24N4O3.ClH/c22-17(11-12-9-13-5-6-14(10-12)20-13)19-8-7-18-15-3-1-2-4-16(15)21(23)24;/h1-4,12-14,18,20H,5-11H2,(H,19,22);1H. The van der Waals surface area contributed by atoms with Gasteiger partial charge in [0.25, 0.3) is 5.69 Å². The van der Waals surface area contributed by atoms with E-state index in [2.05, 4.69) is 16.0 Å². The van der Waals surface area contributed by atoms with Crippen molar-refractivity contribution in [2.24, 2.45) is 5.92 Å². The predicted octanol–water partition coefficient (Wildman–Crippen LogP) is 2.47. The number of piperidine rings is 1. The van der Waals surface area contributed by atoms with Crippen LogP contribution in [0.1, 0.15) is 32.1 Å². The summed E-state index contributed by atoms with van der Waals surface area (Å²) in [5.41, 5.74) is 0.528. The van der Waals surface area contributed by atoms with Gasteiger partial charge < -0.3 is 16.0 Å². The second-order valence-corrected chi connectivity index (χ2v) is 6.73. The summed E-state index contributed by atoms with van der Waals surface area (Å²) in [6.07, 6.45) is 5.25. The molecular weight excluding hydrogens is 344 g/mol. The van der Waals surface area contributed by atoms with E-state index in [0.29, 0.717) is 43.2 Å². The minimum Gasteiger partial charge on any atom is -0.378 e. The topological polar surface area (TPSA) is 96.3 Å². The van der Waals surface area contributed by atoms with Crippen LogP contribution >= 0.6 is 12.4 Å². The molecule has 7 nitrogen and oxygen atoms in total. The molecule has 1 aromatic carbocycles. The predicted molar refractivity (Wildman–Crippen MR) is 99.1 cm³/mol. The average Bonchev–Trinajstić information content (AvgIpc) is 2.90. The number of rotatable bonds is 7. The fraction of sp³-hybridized carbons (Fsp3) is 0.588. The number of nitro groups is 1. The van der Waals surface area contributed by atoms with E-state index >= 15 is 0 Å². The molecule has 3 rings (SSSR count). The molecule has 0 aliphatic carbocycles. The highest BCUT2D eigenvalue weighted by atomic mass is 35.5. The Morgan fingerprint density at radius 3 is 2.56 bits per heavy atom. The number of nitrogens with zero attached hydrogens (tertiary/aromatic N) is 1. The highest BCUT2D eigenvalue weighted by Gasteiger charge is 2.34. The third-order valence-electron chi connectivity index (χ3n) is 4.91. The van der Waals surface area contributed by atoms with Gasteiger partial charge in [-0.15, -0.1) is 12.4 Å². The van der Waals surface area contributed by atoms with Gasteiger partial charge in [-0.2, -0.15) is 0 Å². The van der Waals surface area contributed by atoms with E-state index < -0.39 is 4.92 Å². The maximum absolute atomic E-state index is 12.1. The molecule has 0 radical (unpaired) electrons. The van der Waals surface area contributed by atoms with Crippen molar-refractivity contribution in [3.05, 3.63) is 34.4 Å². The van der Waals surface area contributed by atoms with E-state index in [-0.39, 0.29) is 24.0 Å². The highest BCUT2D eigenvalue weighted by molar-refractivity contribution is 5.85. The number of halogens is 1. The fourth-order valence-electron chi connectivity index (χ4n) is 3.86. The molecule has 0 spiro atoms. The van der Waals surface area contributed by atoms with Gasteiger partial charge in [0, 0.05) is 37.7 Å². The monoisotopic (exact) mass is 368 g/mol. The maximum Gasteiger partial charge on any atom is 0.292 e. The molecule has 2 saturated heterocycles. The van der Waals surface area contributed by atoms with E-state index in [1.165, 1.54) is 18.9 Å². The van der Waals surface area contributed by atoms with Crippen molar-refractivity contribution in [1.29, 1.82) is 0 Å². The van der Waals surface area contributed by atoms with Gasteiger partial charge in [-0.3, -0.25) is 14.9 Å². The number of anilines is 1. The van der Waals surface area contributed by atoms with Crippen LogP contribution in [0.25, 0.3) is 0 Å². The van der Waals surface area contributed by atoms with E-state index in [1.54, 1.807) is 18.2 Å². The summed E-state index contributed by atoms with van der Waals surface area (Å²) >= 11 is 0. The zero-order valence-electron chi connectivity index (χ0n) is 14.1. The number of carbonyl (C=O) groups is 1. The summed E-state index contributed by atoms with van der Waals surface area (Å²) in [5.74, 6) is 0.553. The molecule has 138 valence electrons. The summed E-state index contributed by atoms with van der Waals surface area (Å²) < 4.78 is 0. The molecule has 0 saturated carbocycles. The van der Waals surface area contributed by atoms with Gasteiger partial charge in [0.05, 0.1) is 4.92 Å². The Labute approximate surface area is 153 Å². The molecule has 2 aliphatic rings. The second-order valence-electron chi connectivity index (χ2n) is 6.73. The Kier molecular flexibility index (Phi) is 7.01. The van der Waals surface area contributed by atoms with Crippen LogP contribution in [0, 0.1) is 16.0 Å². The van der Waals surface area contributed by atoms with Crippen molar-refractivity contribution in [3.63, 3.8) is 0 Å². The largest absolute Gasteiger partial charge is 0.378 e. The quantitative estimate of drug-likeness (QED) is 0.390. The number of nitrogens with one attached hydrogen (secondary N) is 3. The molecular formula is C17H25ClN4O3. The van der Waals surface area contributed by atoms with Gasteiger partial charge >= 0.3 is 0 Å². The van der Waals surface area contributed by atoms with Gasteiger partial charge in [-0.05, 0) is 37.7 Å². The lowest BCUT2D eigenvalue weighted by molar-refractivity contribution is -0.384. The Balaban J connectivity index is 0.00000225. The van der Waals surface area contributed by atoms with Crippen LogP contribution in [0.15, 0.2) is 24.3 Å². The smallest absolute Gasteiger partial charge is 0.292 e. The van der Waals surface area contributed by atoms with Crippen molar-refractivity contribution in [2.45, 2.75) is 44.2 Å². The molecule has 2 unspecified atom stereocenters. The zero-order valence-corrected chi connectivity index (χ0v) is 14.9. The number of carbonyl (C=O) groups excluding carboxylic acids is 1. The zero-order chi connectivity index (χ0) is 16.9. The Hall–Kier alpha value is -1.86. The SMILES string of the molecule is Cl.O=C(CC1CC2CCC(C1)N2)NCCNc1ccccc1[N+](=O)[O-]. The minimum absolute atomic E-state index is 0. The highest BCUT2D eigenvalue weighted by Crippen LogP contribution is 2.32. The molecule has 25 heavy (non-hydrogen) atoms. The van der Waals surface area contributed by atoms with Gasteiger partial charge in [0.1, 0.15) is 5.69 Å². The van der Waals surface area contributed by atoms with Gasteiger partial charge in [0.15, 0.2) is 0 Å². The number of hydrogen-bond donors (Lipinski definition) is 3. The number of para-hydroxylation sites is 2. The Morgan fingerprint density at radius 1 is 1.20 bits per heavy atom. The minimum atomic E-state index is -0.410. The van der Waals surface area contributed by atoms with Crippen molar-refractivity contribution in [2.75, 3.05) is 18.4 Å². The second kappa shape index (κ2) is 9.01. The van der Waals surface area contributed by atoms with E-state index in [0.717, 1.165) is 12.8 Å². The number of benzene rings is 1. The molecule has 2 heterocycles. The van der Waals surface area contributed by atoms with Crippen LogP contribution in [0.2, 0.25) is 0 Å². The van der Waals surface area contributed by atoms with Gasteiger partial charge in [-0.1, -0.05) is 12.1 Å². The van der Waals surface area contributed by atoms with Crippen LogP contribution in [0.5, 0.6) is 0 Å². The van der Waals surface area contributed by atoms with Crippen molar-refractivity contribution in [3.8, 4) is 0 Å². The number of hydrogen-bond acceptors (Lipinski definition) is 5. The maximum atomic E-state index is 12.1. The van der Waals surface area contributed by atoms with E-state index in [9.17, 15) is 14.9 Å². The third kappa shape index (κ3) is 5.31. The molecule has 8 heteroatoms. The lowest BCUT2D eigenvalue weighted by atomic mass is 9.89. The van der Waals surface area contributed by atoms with Crippen LogP contribution in [-0.2, 0) is 4.79 Å². The first kappa shape index (κ1) is 19.5. The molecule has 2 fully saturated rings. The van der Waals surface area contributed by atoms with Crippen LogP contribution < -0.4 is 16.0 Å². The van der Waals surface area contributed by atoms with Crippen LogP contribution in [-0.4, -0.2) is 36.0 Å². The number of fused-ring (bicyclic) bond motifs is 2. The third-order valence-corrected chi connectivity index (χ3v) is 4.91. The van der Waals surface area contributed by atoms with Crippen molar-refractivity contribution >= 4 is 29.7 Å². The molecule has 2 bridgehead atoms. The van der Waals surface area contributed by atoms with Crippen LogP contribution in [0.4, 0.5) is 11.4 Å². The summed E-state index contributed by atoms with van der Waals surface area (Å²) in [4.78, 5) is 22.6. The lowest BCUT2D eigenvalue weighted by Gasteiger charge is -2.28. The summed E-state index contributed by atoms with van der Waals surface area (Å²) in [5, 5.41) is 20.4. The summed E-state index contributed by atoms with van der Waals surface area (Å²) in [6, 6.07) is 7.72. The molecule has 1 amide bonds. The first-order valence-electron chi connectivity index (χ1n) is 8.62. The molecule has 3 N–H and O–H groups in total.